The average Bonchev–Trinajstić information content (AvgIpc) is 2.52. The Morgan fingerprint density at radius 1 is 1.50 bits per heavy atom. The second-order valence-electron chi connectivity index (χ2n) is 3.14. The van der Waals surface area contributed by atoms with E-state index in [1.807, 2.05) is 13.0 Å². The molecule has 0 amide bonds. The maximum atomic E-state index is 5.85. The molecule has 80 valence electrons. The number of hydrogen-bond donors (Lipinski definition) is 0. The van der Waals surface area contributed by atoms with Crippen molar-refractivity contribution in [2.75, 3.05) is 26.8 Å². The van der Waals surface area contributed by atoms with Crippen LogP contribution in [0.4, 0.5) is 0 Å². The van der Waals surface area contributed by atoms with E-state index in [4.69, 9.17) is 16.3 Å². The van der Waals surface area contributed by atoms with Gasteiger partial charge in [0.1, 0.15) is 0 Å². The number of nitrogens with zero attached hydrogens (tertiary/aromatic N) is 1. The fraction of sp³-hybridized carbons (Fsp3) is 0.600. The van der Waals surface area contributed by atoms with Gasteiger partial charge in [0.05, 0.1) is 10.9 Å². The van der Waals surface area contributed by atoms with Crippen molar-refractivity contribution in [2.45, 2.75) is 13.5 Å². The summed E-state index contributed by atoms with van der Waals surface area (Å²) in [7, 11) is 2.09. The quantitative estimate of drug-likeness (QED) is 0.701. The van der Waals surface area contributed by atoms with Crippen LogP contribution in [0.5, 0.6) is 0 Å². The van der Waals surface area contributed by atoms with Crippen LogP contribution in [-0.2, 0) is 11.3 Å². The summed E-state index contributed by atoms with van der Waals surface area (Å²) in [6.07, 6.45) is 0. The minimum absolute atomic E-state index is 0.790. The van der Waals surface area contributed by atoms with E-state index >= 15 is 0 Å². The molecule has 0 saturated heterocycles. The van der Waals surface area contributed by atoms with Crippen LogP contribution in [0.15, 0.2) is 12.1 Å². The van der Waals surface area contributed by atoms with Crippen LogP contribution < -0.4 is 0 Å². The number of likely N-dealkylation sites (N-methyl/N-ethyl adjacent to an activating group) is 1. The number of ether oxygens (including phenoxy) is 1. The van der Waals surface area contributed by atoms with Crippen molar-refractivity contribution < 1.29 is 4.74 Å². The van der Waals surface area contributed by atoms with Crippen molar-refractivity contribution >= 4 is 22.9 Å². The van der Waals surface area contributed by atoms with Crippen LogP contribution in [0.2, 0.25) is 4.34 Å². The summed E-state index contributed by atoms with van der Waals surface area (Å²) in [5.41, 5.74) is 0. The van der Waals surface area contributed by atoms with Gasteiger partial charge in [0, 0.05) is 24.6 Å². The Morgan fingerprint density at radius 2 is 2.29 bits per heavy atom. The summed E-state index contributed by atoms with van der Waals surface area (Å²) in [5, 5.41) is 0. The van der Waals surface area contributed by atoms with Gasteiger partial charge < -0.3 is 4.74 Å². The highest BCUT2D eigenvalue weighted by atomic mass is 35.5. The normalized spacial score (nSPS) is 11.1. The van der Waals surface area contributed by atoms with Crippen LogP contribution in [0.25, 0.3) is 0 Å². The third-order valence-electron chi connectivity index (χ3n) is 1.88. The van der Waals surface area contributed by atoms with Gasteiger partial charge in [0.25, 0.3) is 0 Å². The molecule has 0 aliphatic rings. The van der Waals surface area contributed by atoms with Crippen molar-refractivity contribution in [2.24, 2.45) is 0 Å². The van der Waals surface area contributed by atoms with E-state index in [1.165, 1.54) is 4.88 Å². The first-order valence-corrected chi connectivity index (χ1v) is 5.92. The summed E-state index contributed by atoms with van der Waals surface area (Å²) in [4.78, 5) is 3.53. The number of thiophene rings is 1. The van der Waals surface area contributed by atoms with E-state index in [0.29, 0.717) is 0 Å². The summed E-state index contributed by atoms with van der Waals surface area (Å²) < 4.78 is 6.14. The predicted molar refractivity (Wildman–Crippen MR) is 62.2 cm³/mol. The lowest BCUT2D eigenvalue weighted by atomic mass is 10.4. The molecule has 14 heavy (non-hydrogen) atoms. The molecule has 0 fully saturated rings. The summed E-state index contributed by atoms with van der Waals surface area (Å²) in [5.74, 6) is 0. The van der Waals surface area contributed by atoms with Crippen molar-refractivity contribution in [1.82, 2.24) is 4.90 Å². The highest BCUT2D eigenvalue weighted by Crippen LogP contribution is 2.22. The second kappa shape index (κ2) is 6.40. The number of rotatable bonds is 6. The molecule has 2 nitrogen and oxygen atoms in total. The highest BCUT2D eigenvalue weighted by Gasteiger charge is 2.02. The van der Waals surface area contributed by atoms with Gasteiger partial charge >= 0.3 is 0 Å². The van der Waals surface area contributed by atoms with Gasteiger partial charge in [-0.25, -0.2) is 0 Å². The molecule has 0 atom stereocenters. The zero-order chi connectivity index (χ0) is 10.4. The molecule has 1 heterocycles. The van der Waals surface area contributed by atoms with E-state index in [1.54, 1.807) is 11.3 Å². The molecule has 1 aromatic heterocycles. The van der Waals surface area contributed by atoms with Crippen molar-refractivity contribution in [1.29, 1.82) is 0 Å². The molecular formula is C10H16ClNOS. The van der Waals surface area contributed by atoms with Gasteiger partial charge in [-0.2, -0.15) is 0 Å². The minimum atomic E-state index is 0.790. The first-order valence-electron chi connectivity index (χ1n) is 4.73. The maximum absolute atomic E-state index is 5.85. The lowest BCUT2D eigenvalue weighted by Crippen LogP contribution is -2.22. The van der Waals surface area contributed by atoms with E-state index in [-0.39, 0.29) is 0 Å². The van der Waals surface area contributed by atoms with Gasteiger partial charge in [0.2, 0.25) is 0 Å². The summed E-state index contributed by atoms with van der Waals surface area (Å²) >= 11 is 7.48. The van der Waals surface area contributed by atoms with Crippen molar-refractivity contribution in [3.05, 3.63) is 21.3 Å². The maximum Gasteiger partial charge on any atom is 0.0931 e. The van der Waals surface area contributed by atoms with E-state index in [9.17, 15) is 0 Å². The standard InChI is InChI=1S/C10H16ClNOS/c1-3-13-7-6-12(2)8-9-4-5-10(11)14-9/h4-5H,3,6-8H2,1-2H3. The van der Waals surface area contributed by atoms with Crippen LogP contribution in [0.1, 0.15) is 11.8 Å². The molecule has 0 bridgehead atoms. The molecule has 0 radical (unpaired) electrons. The molecule has 0 aliphatic carbocycles. The predicted octanol–water partition coefficient (Wildman–Crippen LogP) is 2.87. The zero-order valence-electron chi connectivity index (χ0n) is 8.62. The Kier molecular flexibility index (Phi) is 5.48. The van der Waals surface area contributed by atoms with Crippen LogP contribution >= 0.6 is 22.9 Å². The topological polar surface area (TPSA) is 12.5 Å². The molecule has 0 saturated carbocycles. The highest BCUT2D eigenvalue weighted by molar-refractivity contribution is 7.16. The first-order chi connectivity index (χ1) is 6.72. The molecule has 4 heteroatoms. The SMILES string of the molecule is CCOCCN(C)Cc1ccc(Cl)s1. The smallest absolute Gasteiger partial charge is 0.0931 e. The molecular weight excluding hydrogens is 218 g/mol. The van der Waals surface area contributed by atoms with E-state index in [2.05, 4.69) is 18.0 Å². The van der Waals surface area contributed by atoms with Gasteiger partial charge in [-0.15, -0.1) is 11.3 Å². The van der Waals surface area contributed by atoms with E-state index in [0.717, 1.165) is 30.6 Å². The minimum Gasteiger partial charge on any atom is -0.380 e. The lowest BCUT2D eigenvalue weighted by Gasteiger charge is -2.14. The van der Waals surface area contributed by atoms with Crippen LogP contribution in [0, 0.1) is 0 Å². The van der Waals surface area contributed by atoms with Crippen molar-refractivity contribution in [3.8, 4) is 0 Å². The third-order valence-corrected chi connectivity index (χ3v) is 3.09. The molecule has 1 rings (SSSR count). The van der Waals surface area contributed by atoms with Gasteiger partial charge in [-0.1, -0.05) is 11.6 Å². The monoisotopic (exact) mass is 233 g/mol. The Labute approximate surface area is 94.4 Å². The largest absolute Gasteiger partial charge is 0.380 e. The number of hydrogen-bond acceptors (Lipinski definition) is 3. The first kappa shape index (κ1) is 12.0. The number of halogens is 1. The van der Waals surface area contributed by atoms with Gasteiger partial charge in [-0.3, -0.25) is 4.90 Å². The van der Waals surface area contributed by atoms with Gasteiger partial charge in [-0.05, 0) is 26.1 Å². The molecule has 1 aromatic rings. The van der Waals surface area contributed by atoms with E-state index < -0.39 is 0 Å². The summed E-state index contributed by atoms with van der Waals surface area (Å²) in [6.45, 7) is 5.51. The Balaban J connectivity index is 2.23. The Hall–Kier alpha value is -0.0900. The third kappa shape index (κ3) is 4.42. The second-order valence-corrected chi connectivity index (χ2v) is 4.94. The molecule has 0 spiro atoms. The fourth-order valence-corrected chi connectivity index (χ4v) is 2.31. The molecule has 0 unspecified atom stereocenters. The van der Waals surface area contributed by atoms with Gasteiger partial charge in [0.15, 0.2) is 0 Å². The average molecular weight is 234 g/mol. The Morgan fingerprint density at radius 3 is 2.86 bits per heavy atom. The zero-order valence-corrected chi connectivity index (χ0v) is 10.2. The molecule has 0 aliphatic heterocycles. The molecule has 0 aromatic carbocycles. The van der Waals surface area contributed by atoms with Crippen LogP contribution in [-0.4, -0.2) is 31.7 Å². The molecule has 0 N–H and O–H groups in total. The van der Waals surface area contributed by atoms with Crippen molar-refractivity contribution in [3.63, 3.8) is 0 Å². The summed E-state index contributed by atoms with van der Waals surface area (Å²) in [6, 6.07) is 4.02. The van der Waals surface area contributed by atoms with Crippen LogP contribution in [0.3, 0.4) is 0 Å². The fourth-order valence-electron chi connectivity index (χ4n) is 1.15. The lowest BCUT2D eigenvalue weighted by molar-refractivity contribution is 0.120. The Bertz CT molecular complexity index is 264.